The average molecular weight is 205 g/mol. The lowest BCUT2D eigenvalue weighted by atomic mass is 10.1. The molecule has 0 spiro atoms. The van der Waals surface area contributed by atoms with E-state index in [1.165, 1.54) is 0 Å². The molecule has 1 N–H and O–H groups in total. The van der Waals surface area contributed by atoms with Gasteiger partial charge in [0.1, 0.15) is 12.6 Å². The van der Waals surface area contributed by atoms with Crippen LogP contribution in [0.5, 0.6) is 0 Å². The maximum absolute atomic E-state index is 11.3. The van der Waals surface area contributed by atoms with Crippen molar-refractivity contribution in [3.8, 4) is 0 Å². The number of carbonyl (C=O) groups is 1. The topological polar surface area (TPSA) is 49.8 Å². The van der Waals surface area contributed by atoms with Gasteiger partial charge in [-0.15, -0.1) is 0 Å². The van der Waals surface area contributed by atoms with Gasteiger partial charge in [-0.2, -0.15) is 0 Å². The van der Waals surface area contributed by atoms with Gasteiger partial charge in [0.2, 0.25) is 0 Å². The minimum absolute atomic E-state index is 0.0222. The van der Waals surface area contributed by atoms with Crippen molar-refractivity contribution in [2.75, 3.05) is 6.61 Å². The first-order chi connectivity index (χ1) is 7.27. The second-order valence-electron chi connectivity index (χ2n) is 3.94. The molecule has 2 atom stereocenters. The second-order valence-corrected chi connectivity index (χ2v) is 3.94. The maximum atomic E-state index is 11.3. The summed E-state index contributed by atoms with van der Waals surface area (Å²) in [7, 11) is 0. The molecule has 1 amide bonds. The Balaban J connectivity index is 2.05. The van der Waals surface area contributed by atoms with Crippen LogP contribution < -0.4 is 0 Å². The van der Waals surface area contributed by atoms with E-state index in [0.29, 0.717) is 0 Å². The van der Waals surface area contributed by atoms with Crippen LogP contribution in [-0.2, 0) is 16.0 Å². The van der Waals surface area contributed by atoms with Gasteiger partial charge in [0.15, 0.2) is 0 Å². The Morgan fingerprint density at radius 2 is 2.20 bits per heavy atom. The van der Waals surface area contributed by atoms with Gasteiger partial charge in [-0.3, -0.25) is 10.0 Å². The minimum atomic E-state index is -0.368. The molecule has 0 saturated carbocycles. The third-order valence-electron chi connectivity index (χ3n) is 3.09. The van der Waals surface area contributed by atoms with E-state index in [2.05, 4.69) is 0 Å². The van der Waals surface area contributed by atoms with E-state index in [-0.39, 0.29) is 24.7 Å². The summed E-state index contributed by atoms with van der Waals surface area (Å²) < 4.78 is 5.42. The molecule has 2 aliphatic rings. The molecule has 0 aromatic heterocycles. The lowest BCUT2D eigenvalue weighted by molar-refractivity contribution is -0.212. The average Bonchev–Trinajstić information content (AvgIpc) is 2.62. The Kier molecular flexibility index (Phi) is 1.81. The number of rotatable bonds is 0. The van der Waals surface area contributed by atoms with Crippen molar-refractivity contribution in [2.45, 2.75) is 18.6 Å². The third-order valence-corrected chi connectivity index (χ3v) is 3.09. The number of carbonyl (C=O) groups excluding carboxylic acids is 1. The zero-order valence-corrected chi connectivity index (χ0v) is 8.09. The van der Waals surface area contributed by atoms with E-state index in [0.717, 1.165) is 22.6 Å². The van der Waals surface area contributed by atoms with Gasteiger partial charge in [0, 0.05) is 6.42 Å². The molecule has 1 saturated heterocycles. The van der Waals surface area contributed by atoms with Gasteiger partial charge in [0.25, 0.3) is 5.91 Å². The summed E-state index contributed by atoms with van der Waals surface area (Å²) >= 11 is 0. The van der Waals surface area contributed by atoms with Crippen LogP contribution in [0.2, 0.25) is 0 Å². The third kappa shape index (κ3) is 1.19. The normalized spacial score (nSPS) is 28.9. The fourth-order valence-electron chi connectivity index (χ4n) is 2.38. The van der Waals surface area contributed by atoms with Crippen molar-refractivity contribution in [1.82, 2.24) is 5.06 Å². The number of ether oxygens (including phenoxy) is 1. The second kappa shape index (κ2) is 3.05. The highest BCUT2D eigenvalue weighted by molar-refractivity contribution is 5.77. The lowest BCUT2D eigenvalue weighted by Gasteiger charge is -2.32. The highest BCUT2D eigenvalue weighted by atomic mass is 16.6. The fraction of sp³-hybridized carbons (Fsp3) is 0.364. The number of morpholine rings is 1. The van der Waals surface area contributed by atoms with Crippen molar-refractivity contribution in [2.24, 2.45) is 0 Å². The van der Waals surface area contributed by atoms with Gasteiger partial charge in [-0.25, -0.2) is 5.06 Å². The first kappa shape index (κ1) is 8.88. The molecule has 1 fully saturated rings. The summed E-state index contributed by atoms with van der Waals surface area (Å²) in [6, 6.07) is 7.50. The number of benzene rings is 1. The van der Waals surface area contributed by atoms with Gasteiger partial charge in [0.05, 0.1) is 6.10 Å². The smallest absolute Gasteiger partial charge is 0.272 e. The zero-order valence-electron chi connectivity index (χ0n) is 8.09. The Morgan fingerprint density at radius 3 is 3.07 bits per heavy atom. The molecular formula is C11H11NO3. The molecule has 0 radical (unpaired) electrons. The molecule has 1 aliphatic heterocycles. The van der Waals surface area contributed by atoms with Gasteiger partial charge < -0.3 is 4.74 Å². The minimum Gasteiger partial charge on any atom is -0.365 e. The Bertz CT molecular complexity index is 418. The lowest BCUT2D eigenvalue weighted by Crippen LogP contribution is -2.45. The molecule has 0 unspecified atom stereocenters. The van der Waals surface area contributed by atoms with E-state index in [9.17, 15) is 10.0 Å². The molecule has 4 heteroatoms. The van der Waals surface area contributed by atoms with Crippen LogP contribution in [0.1, 0.15) is 17.2 Å². The van der Waals surface area contributed by atoms with Crippen LogP contribution in [0.25, 0.3) is 0 Å². The summed E-state index contributed by atoms with van der Waals surface area (Å²) in [5.41, 5.74) is 2.15. The van der Waals surface area contributed by atoms with Crippen molar-refractivity contribution in [3.63, 3.8) is 0 Å². The van der Waals surface area contributed by atoms with E-state index in [4.69, 9.17) is 4.74 Å². The predicted molar refractivity (Wildman–Crippen MR) is 51.3 cm³/mol. The molecule has 3 rings (SSSR count). The SMILES string of the molecule is O=C1CO[C@@H]2Cc3ccccc3[C@@H]2N1O. The molecule has 1 aromatic carbocycles. The summed E-state index contributed by atoms with van der Waals surface area (Å²) in [6.45, 7) is -0.0222. The monoisotopic (exact) mass is 205 g/mol. The highest BCUT2D eigenvalue weighted by Crippen LogP contribution is 2.38. The Morgan fingerprint density at radius 1 is 1.40 bits per heavy atom. The zero-order chi connectivity index (χ0) is 10.4. The van der Waals surface area contributed by atoms with Crippen LogP contribution in [-0.4, -0.2) is 28.9 Å². The van der Waals surface area contributed by atoms with Crippen LogP contribution in [0.15, 0.2) is 24.3 Å². The highest BCUT2D eigenvalue weighted by Gasteiger charge is 2.42. The van der Waals surface area contributed by atoms with Gasteiger partial charge in [-0.05, 0) is 11.1 Å². The summed E-state index contributed by atoms with van der Waals surface area (Å²) in [5.74, 6) is -0.368. The molecule has 0 bridgehead atoms. The van der Waals surface area contributed by atoms with Crippen molar-refractivity contribution in [3.05, 3.63) is 35.4 Å². The van der Waals surface area contributed by atoms with Crippen molar-refractivity contribution < 1.29 is 14.7 Å². The molecular weight excluding hydrogens is 194 g/mol. The quantitative estimate of drug-likeness (QED) is 0.640. The van der Waals surface area contributed by atoms with Crippen LogP contribution in [0.3, 0.4) is 0 Å². The van der Waals surface area contributed by atoms with Crippen LogP contribution >= 0.6 is 0 Å². The number of hydroxylamine groups is 2. The van der Waals surface area contributed by atoms with E-state index in [1.807, 2.05) is 24.3 Å². The fourth-order valence-corrected chi connectivity index (χ4v) is 2.38. The van der Waals surface area contributed by atoms with E-state index >= 15 is 0 Å². The summed E-state index contributed by atoms with van der Waals surface area (Å²) in [4.78, 5) is 11.3. The standard InChI is InChI=1S/C11H11NO3/c13-10-6-15-9-5-7-3-1-2-4-8(7)11(9)12(10)14/h1-4,9,11,14H,5-6H2/t9-,11+/m1/s1. The van der Waals surface area contributed by atoms with Crippen LogP contribution in [0, 0.1) is 0 Å². The molecule has 78 valence electrons. The van der Waals surface area contributed by atoms with Gasteiger partial charge in [-0.1, -0.05) is 24.3 Å². The number of nitrogens with zero attached hydrogens (tertiary/aromatic N) is 1. The summed E-state index contributed by atoms with van der Waals surface area (Å²) in [6.07, 6.45) is 0.677. The maximum Gasteiger partial charge on any atom is 0.272 e. The molecule has 1 aliphatic carbocycles. The van der Waals surface area contributed by atoms with E-state index < -0.39 is 0 Å². The molecule has 1 aromatic rings. The predicted octanol–water partition coefficient (Wildman–Crippen LogP) is 0.900. The molecule has 15 heavy (non-hydrogen) atoms. The van der Waals surface area contributed by atoms with Crippen molar-refractivity contribution in [1.29, 1.82) is 0 Å². The van der Waals surface area contributed by atoms with Gasteiger partial charge >= 0.3 is 0 Å². The van der Waals surface area contributed by atoms with Crippen LogP contribution in [0.4, 0.5) is 0 Å². The Labute approximate surface area is 87.0 Å². The largest absolute Gasteiger partial charge is 0.365 e. The number of amides is 1. The van der Waals surface area contributed by atoms with Crippen molar-refractivity contribution >= 4 is 5.91 Å². The molecule has 4 nitrogen and oxygen atoms in total. The first-order valence-electron chi connectivity index (χ1n) is 4.98. The van der Waals surface area contributed by atoms with E-state index in [1.54, 1.807) is 0 Å². The number of fused-ring (bicyclic) bond motifs is 3. The summed E-state index contributed by atoms with van der Waals surface area (Å²) in [5, 5.41) is 10.5. The Hall–Kier alpha value is -1.39. The molecule has 1 heterocycles. The first-order valence-corrected chi connectivity index (χ1v) is 4.98. The number of hydrogen-bond donors (Lipinski definition) is 1. The number of hydrogen-bond acceptors (Lipinski definition) is 3.